The van der Waals surface area contributed by atoms with Crippen molar-refractivity contribution >= 4 is 17.1 Å². The van der Waals surface area contributed by atoms with Crippen LogP contribution in [0.1, 0.15) is 0 Å². The lowest BCUT2D eigenvalue weighted by Crippen LogP contribution is -2.09. The fourth-order valence-corrected chi connectivity index (χ4v) is 4.10. The topological polar surface area (TPSA) is 42.7 Å². The number of benzene rings is 3. The number of hydrogen-bond donors (Lipinski definition) is 0. The first kappa shape index (κ1) is 19.9. The zero-order valence-electron chi connectivity index (χ0n) is 18.3. The van der Waals surface area contributed by atoms with E-state index in [1.165, 1.54) is 0 Å². The van der Waals surface area contributed by atoms with Crippen LogP contribution in [-0.2, 0) is 0 Å². The van der Waals surface area contributed by atoms with Crippen molar-refractivity contribution in [1.82, 2.24) is 0 Å². The lowest BCUT2D eigenvalue weighted by atomic mass is 10.1. The van der Waals surface area contributed by atoms with E-state index in [1.807, 2.05) is 36.4 Å². The second-order valence-corrected chi connectivity index (χ2v) is 7.91. The van der Waals surface area contributed by atoms with Gasteiger partial charge in [0, 0.05) is 33.8 Å². The molecule has 0 saturated heterocycles. The molecule has 164 valence electrons. The molecule has 4 nitrogen and oxygen atoms in total. The van der Waals surface area contributed by atoms with E-state index in [2.05, 4.69) is 77.7 Å². The van der Waals surface area contributed by atoms with E-state index in [9.17, 15) is 0 Å². The molecule has 0 unspecified atom stereocenters. The fourth-order valence-electron chi connectivity index (χ4n) is 4.10. The summed E-state index contributed by atoms with van der Waals surface area (Å²) in [6, 6.07) is 36.7. The van der Waals surface area contributed by atoms with E-state index < -0.39 is 0 Å². The van der Waals surface area contributed by atoms with Crippen molar-refractivity contribution in [2.24, 2.45) is 0 Å². The number of hydrogen-bond acceptors (Lipinski definition) is 4. The van der Waals surface area contributed by atoms with Crippen LogP contribution in [0.4, 0.5) is 17.1 Å². The third-order valence-electron chi connectivity index (χ3n) is 5.79. The maximum absolute atomic E-state index is 5.55. The molecule has 6 rings (SSSR count). The monoisotopic (exact) mass is 443 g/mol. The van der Waals surface area contributed by atoms with Crippen LogP contribution in [0.3, 0.4) is 0 Å². The number of nitrogens with zero attached hydrogens (tertiary/aromatic N) is 1. The molecule has 0 N–H and O–H groups in total. The van der Waals surface area contributed by atoms with Crippen LogP contribution in [0.2, 0.25) is 0 Å². The number of furan rings is 3. The van der Waals surface area contributed by atoms with Crippen LogP contribution < -0.4 is 4.90 Å². The molecule has 3 heterocycles. The smallest absolute Gasteiger partial charge is 0.133 e. The average molecular weight is 444 g/mol. The first-order chi connectivity index (χ1) is 16.8. The highest BCUT2D eigenvalue weighted by atomic mass is 16.3. The predicted octanol–water partition coefficient (Wildman–Crippen LogP) is 8.94. The molecule has 3 aromatic heterocycles. The SMILES string of the molecule is c1coc(-c2ccc(N(c3ccc(-c4ccco4)cc3)c3ccc(-c4ccco4)cc3)cc2)c1. The quantitative estimate of drug-likeness (QED) is 0.258. The molecule has 0 atom stereocenters. The van der Waals surface area contributed by atoms with Gasteiger partial charge in [-0.05, 0) is 109 Å². The Morgan fingerprint density at radius 3 is 0.882 bits per heavy atom. The van der Waals surface area contributed by atoms with E-state index in [4.69, 9.17) is 13.3 Å². The molecule has 0 aliphatic heterocycles. The molecule has 4 heteroatoms. The van der Waals surface area contributed by atoms with Gasteiger partial charge >= 0.3 is 0 Å². The van der Waals surface area contributed by atoms with Crippen molar-refractivity contribution in [3.63, 3.8) is 0 Å². The molecule has 0 saturated carbocycles. The summed E-state index contributed by atoms with van der Waals surface area (Å²) < 4.78 is 16.7. The molecule has 0 spiro atoms. The van der Waals surface area contributed by atoms with Gasteiger partial charge in [-0.2, -0.15) is 0 Å². The number of rotatable bonds is 6. The Bertz CT molecular complexity index is 1260. The minimum atomic E-state index is 0.851. The molecule has 34 heavy (non-hydrogen) atoms. The first-order valence-electron chi connectivity index (χ1n) is 11.1. The van der Waals surface area contributed by atoms with Gasteiger partial charge in [-0.3, -0.25) is 0 Å². The average Bonchev–Trinajstić information content (AvgIpc) is 3.69. The Kier molecular flexibility index (Phi) is 5.09. The largest absolute Gasteiger partial charge is 0.464 e. The maximum Gasteiger partial charge on any atom is 0.133 e. The van der Waals surface area contributed by atoms with Crippen molar-refractivity contribution in [3.05, 3.63) is 128 Å². The van der Waals surface area contributed by atoms with Gasteiger partial charge in [0.05, 0.1) is 18.8 Å². The second kappa shape index (κ2) is 8.68. The third-order valence-corrected chi connectivity index (χ3v) is 5.79. The summed E-state index contributed by atoms with van der Waals surface area (Å²) >= 11 is 0. The van der Waals surface area contributed by atoms with Gasteiger partial charge < -0.3 is 18.2 Å². The van der Waals surface area contributed by atoms with Crippen molar-refractivity contribution in [2.45, 2.75) is 0 Å². The van der Waals surface area contributed by atoms with Crippen molar-refractivity contribution in [2.75, 3.05) is 4.90 Å². The first-order valence-corrected chi connectivity index (χ1v) is 11.1. The molecule has 0 radical (unpaired) electrons. The summed E-state index contributed by atoms with van der Waals surface area (Å²) in [5.41, 5.74) is 6.26. The summed E-state index contributed by atoms with van der Waals surface area (Å²) in [6.45, 7) is 0. The van der Waals surface area contributed by atoms with Crippen molar-refractivity contribution in [1.29, 1.82) is 0 Å². The van der Waals surface area contributed by atoms with Gasteiger partial charge in [0.25, 0.3) is 0 Å². The molecule has 0 aliphatic rings. The molecule has 0 fully saturated rings. The Morgan fingerprint density at radius 2 is 0.647 bits per heavy atom. The van der Waals surface area contributed by atoms with E-state index in [1.54, 1.807) is 18.8 Å². The van der Waals surface area contributed by atoms with Crippen LogP contribution in [0, 0.1) is 0 Å². The van der Waals surface area contributed by atoms with Gasteiger partial charge in [-0.15, -0.1) is 0 Å². The third kappa shape index (κ3) is 3.82. The van der Waals surface area contributed by atoms with Crippen LogP contribution in [-0.4, -0.2) is 0 Å². The molecule has 0 bridgehead atoms. The van der Waals surface area contributed by atoms with Gasteiger partial charge in [-0.25, -0.2) is 0 Å². The normalized spacial score (nSPS) is 10.9. The molecular formula is C30H21NO3. The van der Waals surface area contributed by atoms with Crippen LogP contribution >= 0.6 is 0 Å². The summed E-state index contributed by atoms with van der Waals surface area (Å²) in [5.74, 6) is 2.55. The fraction of sp³-hybridized carbons (Fsp3) is 0. The minimum Gasteiger partial charge on any atom is -0.464 e. The Labute approximate surface area is 197 Å². The Balaban J connectivity index is 1.39. The summed E-state index contributed by atoms with van der Waals surface area (Å²) in [7, 11) is 0. The van der Waals surface area contributed by atoms with E-state index in [-0.39, 0.29) is 0 Å². The van der Waals surface area contributed by atoms with Crippen molar-refractivity contribution < 1.29 is 13.3 Å². The number of anilines is 3. The zero-order chi connectivity index (χ0) is 22.7. The van der Waals surface area contributed by atoms with E-state index in [0.717, 1.165) is 51.0 Å². The molecule has 3 aromatic carbocycles. The predicted molar refractivity (Wildman–Crippen MR) is 134 cm³/mol. The molecular weight excluding hydrogens is 422 g/mol. The minimum absolute atomic E-state index is 0.851. The van der Waals surface area contributed by atoms with Crippen LogP contribution in [0.5, 0.6) is 0 Å². The Hall–Kier alpha value is -4.70. The Morgan fingerprint density at radius 1 is 0.353 bits per heavy atom. The van der Waals surface area contributed by atoms with Gasteiger partial charge in [0.15, 0.2) is 0 Å². The highest BCUT2D eigenvalue weighted by Gasteiger charge is 2.14. The van der Waals surface area contributed by atoms with Crippen LogP contribution in [0.25, 0.3) is 34.0 Å². The summed E-state index contributed by atoms with van der Waals surface area (Å²) in [5, 5.41) is 0. The van der Waals surface area contributed by atoms with Gasteiger partial charge in [0.2, 0.25) is 0 Å². The molecule has 6 aromatic rings. The summed E-state index contributed by atoms with van der Waals surface area (Å²) in [6.07, 6.45) is 5.07. The standard InChI is InChI=1S/C30H21NO3/c1-4-28(32-19-1)22-7-13-25(14-8-22)31(26-15-9-23(10-16-26)29-5-2-20-33-29)27-17-11-24(12-18-27)30-6-3-21-34-30/h1-21H. The lowest BCUT2D eigenvalue weighted by Gasteiger charge is -2.26. The van der Waals surface area contributed by atoms with Crippen molar-refractivity contribution in [3.8, 4) is 34.0 Å². The zero-order valence-corrected chi connectivity index (χ0v) is 18.3. The second-order valence-electron chi connectivity index (χ2n) is 7.91. The highest BCUT2D eigenvalue weighted by molar-refractivity contribution is 5.80. The van der Waals surface area contributed by atoms with E-state index >= 15 is 0 Å². The van der Waals surface area contributed by atoms with E-state index in [0.29, 0.717) is 0 Å². The molecule has 0 aliphatic carbocycles. The maximum atomic E-state index is 5.55. The van der Waals surface area contributed by atoms with Crippen LogP contribution in [0.15, 0.2) is 141 Å². The molecule has 0 amide bonds. The van der Waals surface area contributed by atoms with Gasteiger partial charge in [-0.1, -0.05) is 0 Å². The lowest BCUT2D eigenvalue weighted by molar-refractivity contribution is 0.582. The van der Waals surface area contributed by atoms with Gasteiger partial charge in [0.1, 0.15) is 17.3 Å². The highest BCUT2D eigenvalue weighted by Crippen LogP contribution is 2.37. The summed E-state index contributed by atoms with van der Waals surface area (Å²) in [4.78, 5) is 2.23.